The summed E-state index contributed by atoms with van der Waals surface area (Å²) in [6.07, 6.45) is 1.00. The largest absolute Gasteiger partial charge is 0.341 e. The lowest BCUT2D eigenvalue weighted by molar-refractivity contribution is 1.12. The summed E-state index contributed by atoms with van der Waals surface area (Å²) in [5, 5.41) is 0. The van der Waals surface area contributed by atoms with Crippen molar-refractivity contribution in [3.05, 3.63) is 29.6 Å². The Hall–Kier alpha value is -1.02. The van der Waals surface area contributed by atoms with Crippen molar-refractivity contribution in [2.24, 2.45) is 0 Å². The Kier molecular flexibility index (Phi) is 2.23. The van der Waals surface area contributed by atoms with Crippen LogP contribution >= 0.6 is 11.6 Å². The molecule has 0 fully saturated rings. The molecule has 2 nitrogen and oxygen atoms in total. The van der Waals surface area contributed by atoms with E-state index < -0.39 is 0 Å². The van der Waals surface area contributed by atoms with E-state index in [1.165, 1.54) is 5.56 Å². The van der Waals surface area contributed by atoms with Crippen LogP contribution in [0.15, 0.2) is 18.2 Å². The number of hydrogen-bond donors (Lipinski definition) is 1. The zero-order valence-electron chi connectivity index (χ0n) is 7.47. The Morgan fingerprint density at radius 1 is 1.46 bits per heavy atom. The fraction of sp³-hybridized carbons (Fsp3) is 0.300. The fourth-order valence-corrected chi connectivity index (χ4v) is 1.62. The van der Waals surface area contributed by atoms with Crippen LogP contribution in [0.2, 0.25) is 0 Å². The second-order valence-electron chi connectivity index (χ2n) is 2.98. The zero-order valence-corrected chi connectivity index (χ0v) is 8.23. The number of nitrogens with zero attached hydrogens (tertiary/aromatic N) is 1. The van der Waals surface area contributed by atoms with E-state index in [4.69, 9.17) is 11.6 Å². The van der Waals surface area contributed by atoms with Crippen LogP contribution in [0.3, 0.4) is 0 Å². The number of H-pyrrole nitrogens is 1. The molecule has 0 bridgehead atoms. The minimum Gasteiger partial charge on any atom is -0.341 e. The highest BCUT2D eigenvalue weighted by molar-refractivity contribution is 6.16. The van der Waals surface area contributed by atoms with Crippen LogP contribution in [0.4, 0.5) is 0 Å². The van der Waals surface area contributed by atoms with E-state index in [0.717, 1.165) is 23.3 Å². The molecular formula is C10H11ClN2. The number of aryl methyl sites for hydroxylation is 1. The van der Waals surface area contributed by atoms with Crippen LogP contribution in [0.25, 0.3) is 11.0 Å². The standard InChI is InChI=1S/C10H11ClN2/c1-2-7-4-3-5-8-10(7)13-9(6-11)12-8/h3-5H,2,6H2,1H3,(H,12,13). The SMILES string of the molecule is CCc1cccc2[nH]c(CCl)nc12. The lowest BCUT2D eigenvalue weighted by atomic mass is 10.1. The maximum atomic E-state index is 5.70. The number of rotatable bonds is 2. The van der Waals surface area contributed by atoms with E-state index >= 15 is 0 Å². The lowest BCUT2D eigenvalue weighted by Crippen LogP contribution is -1.82. The van der Waals surface area contributed by atoms with E-state index in [9.17, 15) is 0 Å². The van der Waals surface area contributed by atoms with E-state index in [-0.39, 0.29) is 0 Å². The molecule has 0 aliphatic carbocycles. The van der Waals surface area contributed by atoms with Gasteiger partial charge in [0.05, 0.1) is 16.9 Å². The number of nitrogens with one attached hydrogen (secondary N) is 1. The molecule has 0 amide bonds. The normalized spacial score (nSPS) is 10.9. The van der Waals surface area contributed by atoms with Crippen LogP contribution in [0.1, 0.15) is 18.3 Å². The Balaban J connectivity index is 2.67. The molecule has 1 aromatic carbocycles. The van der Waals surface area contributed by atoms with Crippen molar-refractivity contribution >= 4 is 22.6 Å². The van der Waals surface area contributed by atoms with Crippen LogP contribution < -0.4 is 0 Å². The molecule has 3 heteroatoms. The first-order valence-electron chi connectivity index (χ1n) is 4.37. The number of imidazole rings is 1. The van der Waals surface area contributed by atoms with Crippen molar-refractivity contribution in [2.75, 3.05) is 0 Å². The second-order valence-corrected chi connectivity index (χ2v) is 3.25. The fourth-order valence-electron chi connectivity index (χ4n) is 1.49. The summed E-state index contributed by atoms with van der Waals surface area (Å²) in [5.41, 5.74) is 3.40. The van der Waals surface area contributed by atoms with Gasteiger partial charge in [-0.1, -0.05) is 19.1 Å². The van der Waals surface area contributed by atoms with Crippen molar-refractivity contribution < 1.29 is 0 Å². The number of aromatic nitrogens is 2. The van der Waals surface area contributed by atoms with Gasteiger partial charge in [-0.2, -0.15) is 0 Å². The number of para-hydroxylation sites is 1. The highest BCUT2D eigenvalue weighted by Crippen LogP contribution is 2.17. The smallest absolute Gasteiger partial charge is 0.122 e. The predicted molar refractivity (Wildman–Crippen MR) is 55.0 cm³/mol. The quantitative estimate of drug-likeness (QED) is 0.732. The summed E-state index contributed by atoms with van der Waals surface area (Å²) in [7, 11) is 0. The summed E-state index contributed by atoms with van der Waals surface area (Å²) >= 11 is 5.70. The van der Waals surface area contributed by atoms with Crippen LogP contribution in [0.5, 0.6) is 0 Å². The van der Waals surface area contributed by atoms with Crippen molar-refractivity contribution in [3.63, 3.8) is 0 Å². The summed E-state index contributed by atoms with van der Waals surface area (Å²) in [5.74, 6) is 1.29. The average molecular weight is 195 g/mol. The van der Waals surface area contributed by atoms with Crippen LogP contribution in [-0.4, -0.2) is 9.97 Å². The van der Waals surface area contributed by atoms with Gasteiger partial charge in [0.25, 0.3) is 0 Å². The lowest BCUT2D eigenvalue weighted by Gasteiger charge is -1.95. The monoisotopic (exact) mass is 194 g/mol. The topological polar surface area (TPSA) is 28.7 Å². The van der Waals surface area contributed by atoms with Gasteiger partial charge in [0.15, 0.2) is 0 Å². The highest BCUT2D eigenvalue weighted by Gasteiger charge is 2.04. The summed E-state index contributed by atoms with van der Waals surface area (Å²) in [6.45, 7) is 2.13. The van der Waals surface area contributed by atoms with E-state index in [1.54, 1.807) is 0 Å². The third-order valence-corrected chi connectivity index (χ3v) is 2.41. The van der Waals surface area contributed by atoms with Crippen LogP contribution in [-0.2, 0) is 12.3 Å². The second kappa shape index (κ2) is 3.38. The first-order valence-corrected chi connectivity index (χ1v) is 4.91. The van der Waals surface area contributed by atoms with Crippen molar-refractivity contribution in [2.45, 2.75) is 19.2 Å². The third kappa shape index (κ3) is 1.42. The molecule has 0 aliphatic rings. The van der Waals surface area contributed by atoms with Gasteiger partial charge in [-0.3, -0.25) is 0 Å². The van der Waals surface area contributed by atoms with Crippen LogP contribution in [0, 0.1) is 0 Å². The third-order valence-electron chi connectivity index (χ3n) is 2.15. The Morgan fingerprint density at radius 2 is 2.31 bits per heavy atom. The summed E-state index contributed by atoms with van der Waals surface area (Å²) < 4.78 is 0. The molecule has 68 valence electrons. The molecule has 2 aromatic rings. The first-order chi connectivity index (χ1) is 6.35. The molecule has 1 heterocycles. The molecule has 0 spiro atoms. The van der Waals surface area contributed by atoms with Crippen molar-refractivity contribution in [3.8, 4) is 0 Å². The van der Waals surface area contributed by atoms with Gasteiger partial charge in [-0.15, -0.1) is 11.6 Å². The zero-order chi connectivity index (χ0) is 9.26. The molecule has 0 saturated heterocycles. The molecule has 13 heavy (non-hydrogen) atoms. The summed E-state index contributed by atoms with van der Waals surface area (Å²) in [6, 6.07) is 6.16. The maximum absolute atomic E-state index is 5.70. The van der Waals surface area contributed by atoms with E-state index in [2.05, 4.69) is 23.0 Å². The molecule has 1 N–H and O–H groups in total. The van der Waals surface area contributed by atoms with Gasteiger partial charge < -0.3 is 4.98 Å². The number of halogens is 1. The first kappa shape index (κ1) is 8.57. The van der Waals surface area contributed by atoms with Gasteiger partial charge in [-0.25, -0.2) is 4.98 Å². The Bertz CT molecular complexity index is 420. The number of hydrogen-bond acceptors (Lipinski definition) is 1. The molecule has 2 rings (SSSR count). The predicted octanol–water partition coefficient (Wildman–Crippen LogP) is 2.86. The molecule has 0 radical (unpaired) electrons. The summed E-state index contributed by atoms with van der Waals surface area (Å²) in [4.78, 5) is 7.59. The average Bonchev–Trinajstić information content (AvgIpc) is 2.59. The minimum absolute atomic E-state index is 0.442. The van der Waals surface area contributed by atoms with E-state index in [0.29, 0.717) is 5.88 Å². The highest BCUT2D eigenvalue weighted by atomic mass is 35.5. The minimum atomic E-state index is 0.442. The van der Waals surface area contributed by atoms with Gasteiger partial charge in [-0.05, 0) is 18.1 Å². The van der Waals surface area contributed by atoms with Crippen molar-refractivity contribution in [1.82, 2.24) is 9.97 Å². The van der Waals surface area contributed by atoms with Crippen molar-refractivity contribution in [1.29, 1.82) is 0 Å². The Labute approximate surface area is 81.9 Å². The Morgan fingerprint density at radius 3 is 3.00 bits per heavy atom. The number of fused-ring (bicyclic) bond motifs is 1. The van der Waals surface area contributed by atoms with Gasteiger partial charge in [0.2, 0.25) is 0 Å². The number of alkyl halides is 1. The molecular weight excluding hydrogens is 184 g/mol. The molecule has 0 saturated carbocycles. The molecule has 0 atom stereocenters. The molecule has 1 aromatic heterocycles. The molecule has 0 aliphatic heterocycles. The van der Waals surface area contributed by atoms with E-state index in [1.807, 2.05) is 12.1 Å². The maximum Gasteiger partial charge on any atom is 0.122 e. The number of aromatic amines is 1. The molecule has 0 unspecified atom stereocenters. The van der Waals surface area contributed by atoms with Gasteiger partial charge >= 0.3 is 0 Å². The van der Waals surface area contributed by atoms with Gasteiger partial charge in [0.1, 0.15) is 5.82 Å². The number of benzene rings is 1. The van der Waals surface area contributed by atoms with Gasteiger partial charge in [0, 0.05) is 0 Å².